The summed E-state index contributed by atoms with van der Waals surface area (Å²) in [5.74, 6) is 0. The van der Waals surface area contributed by atoms with Gasteiger partial charge in [-0.05, 0) is 26.7 Å². The summed E-state index contributed by atoms with van der Waals surface area (Å²) < 4.78 is 0. The average Bonchev–Trinajstić information content (AvgIpc) is 2.26. The molecule has 0 aliphatic carbocycles. The van der Waals surface area contributed by atoms with E-state index in [-0.39, 0.29) is 0 Å². The first-order chi connectivity index (χ1) is 7.31. The maximum atomic E-state index is 2.28. The third-order valence-electron chi connectivity index (χ3n) is 3.17. The maximum absolute atomic E-state index is 2.28. The van der Waals surface area contributed by atoms with Crippen LogP contribution in [0.1, 0.15) is 85.0 Å². The van der Waals surface area contributed by atoms with E-state index in [0.717, 1.165) is 0 Å². The number of hydrogen-bond donors (Lipinski definition) is 0. The van der Waals surface area contributed by atoms with Gasteiger partial charge in [0.05, 0.1) is 0 Å². The summed E-state index contributed by atoms with van der Waals surface area (Å²) in [6.07, 6.45) is 16.4. The zero-order valence-electron chi connectivity index (χ0n) is 11.1. The van der Waals surface area contributed by atoms with E-state index in [1.807, 2.05) is 0 Å². The minimum atomic E-state index is 1.31. The first-order valence-electron chi connectivity index (χ1n) is 6.93. The molecule has 90 valence electrons. The van der Waals surface area contributed by atoms with E-state index in [2.05, 4.69) is 26.8 Å². The van der Waals surface area contributed by atoms with Crippen molar-refractivity contribution < 1.29 is 0 Å². The summed E-state index contributed by atoms with van der Waals surface area (Å²) in [7, 11) is 0. The molecule has 0 saturated heterocycles. The van der Waals surface area contributed by atoms with Gasteiger partial charge >= 0.3 is 0 Å². The summed E-state index contributed by atoms with van der Waals surface area (Å²) >= 11 is 0. The standard InChI is InChI=1S/C15H30/c1-4-6-7-8-9-10-11-12-13-14-15(3)5-2/h5H,4,6-14H2,1-3H3. The van der Waals surface area contributed by atoms with Crippen LogP contribution in [-0.4, -0.2) is 0 Å². The van der Waals surface area contributed by atoms with Gasteiger partial charge in [-0.25, -0.2) is 0 Å². The van der Waals surface area contributed by atoms with Crippen LogP contribution >= 0.6 is 0 Å². The Morgan fingerprint density at radius 1 is 0.800 bits per heavy atom. The van der Waals surface area contributed by atoms with E-state index in [1.54, 1.807) is 5.57 Å². The molecule has 0 aromatic rings. The highest BCUT2D eigenvalue weighted by molar-refractivity contribution is 4.94. The Labute approximate surface area is 97.2 Å². The number of rotatable bonds is 10. The van der Waals surface area contributed by atoms with Gasteiger partial charge in [-0.1, -0.05) is 69.9 Å². The highest BCUT2D eigenvalue weighted by Crippen LogP contribution is 2.12. The predicted octanol–water partition coefficient (Wildman–Crippen LogP) is 5.87. The van der Waals surface area contributed by atoms with E-state index in [4.69, 9.17) is 0 Å². The molecule has 0 unspecified atom stereocenters. The first-order valence-corrected chi connectivity index (χ1v) is 6.93. The van der Waals surface area contributed by atoms with Crippen LogP contribution in [0.15, 0.2) is 11.6 Å². The molecular weight excluding hydrogens is 180 g/mol. The SMILES string of the molecule is CC=C(C)CCCCCCCCCCC. The fourth-order valence-corrected chi connectivity index (χ4v) is 1.86. The fraction of sp³-hybridized carbons (Fsp3) is 0.867. The monoisotopic (exact) mass is 210 g/mol. The lowest BCUT2D eigenvalue weighted by atomic mass is 10.0. The van der Waals surface area contributed by atoms with Crippen LogP contribution < -0.4 is 0 Å². The van der Waals surface area contributed by atoms with Gasteiger partial charge in [0.25, 0.3) is 0 Å². The summed E-state index contributed by atoms with van der Waals surface area (Å²) in [6, 6.07) is 0. The average molecular weight is 210 g/mol. The molecule has 0 rings (SSSR count). The summed E-state index contributed by atoms with van der Waals surface area (Å²) in [4.78, 5) is 0. The van der Waals surface area contributed by atoms with Crippen molar-refractivity contribution in [1.82, 2.24) is 0 Å². The molecule has 0 N–H and O–H groups in total. The Bertz CT molecular complexity index is 144. The van der Waals surface area contributed by atoms with Crippen molar-refractivity contribution in [3.05, 3.63) is 11.6 Å². The van der Waals surface area contributed by atoms with Gasteiger partial charge in [-0.15, -0.1) is 0 Å². The van der Waals surface area contributed by atoms with E-state index in [9.17, 15) is 0 Å². The minimum absolute atomic E-state index is 1.31. The molecule has 0 heteroatoms. The van der Waals surface area contributed by atoms with Gasteiger partial charge in [0.2, 0.25) is 0 Å². The Morgan fingerprint density at radius 3 is 1.73 bits per heavy atom. The van der Waals surface area contributed by atoms with Crippen molar-refractivity contribution in [3.8, 4) is 0 Å². The summed E-state index contributed by atoms with van der Waals surface area (Å²) in [5, 5.41) is 0. The highest BCUT2D eigenvalue weighted by atomic mass is 14.0. The van der Waals surface area contributed by atoms with Crippen molar-refractivity contribution in [2.45, 2.75) is 85.0 Å². The molecule has 0 atom stereocenters. The summed E-state index contributed by atoms with van der Waals surface area (Å²) in [6.45, 7) is 6.66. The highest BCUT2D eigenvalue weighted by Gasteiger charge is 1.92. The second-order valence-corrected chi connectivity index (χ2v) is 4.71. The van der Waals surface area contributed by atoms with Crippen LogP contribution in [0.25, 0.3) is 0 Å². The lowest BCUT2D eigenvalue weighted by Crippen LogP contribution is -1.82. The third kappa shape index (κ3) is 11.7. The van der Waals surface area contributed by atoms with Gasteiger partial charge in [0.1, 0.15) is 0 Å². The van der Waals surface area contributed by atoms with E-state index in [1.165, 1.54) is 64.2 Å². The molecule has 0 aromatic heterocycles. The molecule has 0 aromatic carbocycles. The number of allylic oxidation sites excluding steroid dienone is 2. The van der Waals surface area contributed by atoms with Crippen LogP contribution in [0.4, 0.5) is 0 Å². The molecule has 0 spiro atoms. The van der Waals surface area contributed by atoms with E-state index >= 15 is 0 Å². The normalized spacial score (nSPS) is 12.1. The van der Waals surface area contributed by atoms with Crippen LogP contribution in [0, 0.1) is 0 Å². The van der Waals surface area contributed by atoms with Gasteiger partial charge in [-0.3, -0.25) is 0 Å². The molecule has 0 bridgehead atoms. The minimum Gasteiger partial charge on any atom is -0.0887 e. The van der Waals surface area contributed by atoms with Gasteiger partial charge < -0.3 is 0 Å². The Kier molecular flexibility index (Phi) is 11.6. The quantitative estimate of drug-likeness (QED) is 0.312. The largest absolute Gasteiger partial charge is 0.0887 e. The van der Waals surface area contributed by atoms with Crippen LogP contribution in [0.3, 0.4) is 0 Å². The van der Waals surface area contributed by atoms with Crippen LogP contribution in [0.5, 0.6) is 0 Å². The maximum Gasteiger partial charge on any atom is -0.0323 e. The lowest BCUT2D eigenvalue weighted by Gasteiger charge is -2.02. The predicted molar refractivity (Wildman–Crippen MR) is 71.3 cm³/mol. The Morgan fingerprint density at radius 2 is 1.27 bits per heavy atom. The van der Waals surface area contributed by atoms with E-state index < -0.39 is 0 Å². The molecule has 0 amide bonds. The number of hydrogen-bond acceptors (Lipinski definition) is 0. The smallest absolute Gasteiger partial charge is 0.0323 e. The zero-order chi connectivity index (χ0) is 11.4. The van der Waals surface area contributed by atoms with Crippen molar-refractivity contribution >= 4 is 0 Å². The zero-order valence-corrected chi connectivity index (χ0v) is 11.1. The lowest BCUT2D eigenvalue weighted by molar-refractivity contribution is 0.564. The molecule has 15 heavy (non-hydrogen) atoms. The van der Waals surface area contributed by atoms with E-state index in [0.29, 0.717) is 0 Å². The topological polar surface area (TPSA) is 0 Å². The molecule has 0 fully saturated rings. The fourth-order valence-electron chi connectivity index (χ4n) is 1.86. The molecular formula is C15H30. The van der Waals surface area contributed by atoms with Crippen molar-refractivity contribution in [2.24, 2.45) is 0 Å². The number of unbranched alkanes of at least 4 members (excludes halogenated alkanes) is 8. The van der Waals surface area contributed by atoms with Crippen LogP contribution in [0.2, 0.25) is 0 Å². The first kappa shape index (κ1) is 14.7. The second-order valence-electron chi connectivity index (χ2n) is 4.71. The Hall–Kier alpha value is -0.260. The van der Waals surface area contributed by atoms with Crippen molar-refractivity contribution in [2.75, 3.05) is 0 Å². The molecule has 0 heterocycles. The molecule has 0 saturated carbocycles. The third-order valence-corrected chi connectivity index (χ3v) is 3.17. The molecule has 0 nitrogen and oxygen atoms in total. The molecule has 0 radical (unpaired) electrons. The van der Waals surface area contributed by atoms with Gasteiger partial charge in [0.15, 0.2) is 0 Å². The van der Waals surface area contributed by atoms with Gasteiger partial charge in [-0.2, -0.15) is 0 Å². The Balaban J connectivity index is 2.99. The van der Waals surface area contributed by atoms with Crippen LogP contribution in [-0.2, 0) is 0 Å². The van der Waals surface area contributed by atoms with Crippen molar-refractivity contribution in [1.29, 1.82) is 0 Å². The molecule has 0 aliphatic heterocycles. The molecule has 0 aliphatic rings. The van der Waals surface area contributed by atoms with Crippen molar-refractivity contribution in [3.63, 3.8) is 0 Å². The van der Waals surface area contributed by atoms with Gasteiger partial charge in [0, 0.05) is 0 Å². The summed E-state index contributed by atoms with van der Waals surface area (Å²) in [5.41, 5.74) is 1.55. The second kappa shape index (κ2) is 11.8.